The third-order valence-corrected chi connectivity index (χ3v) is 9.20. The van der Waals surface area contributed by atoms with Gasteiger partial charge in [0.05, 0.1) is 0 Å². The van der Waals surface area contributed by atoms with Crippen LogP contribution in [0.5, 0.6) is 5.88 Å². The third kappa shape index (κ3) is 6.58. The number of aliphatic carboxylic acids is 2. The van der Waals surface area contributed by atoms with Crippen molar-refractivity contribution in [3.05, 3.63) is 67.5 Å². The van der Waals surface area contributed by atoms with Gasteiger partial charge in [-0.1, -0.05) is 20.8 Å². The van der Waals surface area contributed by atoms with Crippen molar-refractivity contribution >= 4 is 23.9 Å². The van der Waals surface area contributed by atoms with Gasteiger partial charge in [-0.05, 0) is 80.3 Å². The fourth-order valence-electron chi connectivity index (χ4n) is 6.55. The summed E-state index contributed by atoms with van der Waals surface area (Å²) in [5.74, 6) is -1.62. The maximum atomic E-state index is 12.4. The van der Waals surface area contributed by atoms with Gasteiger partial charge in [0.15, 0.2) is 5.88 Å². The second-order valence-electron chi connectivity index (χ2n) is 11.7. The Morgan fingerprint density at radius 1 is 0.791 bits per heavy atom. The molecule has 10 nitrogen and oxygen atoms in total. The number of aromatic amines is 3. The Balaban J connectivity index is 1.76. The number of nitrogens with one attached hydrogen (secondary N) is 4. The molecule has 1 aliphatic heterocycles. The van der Waals surface area contributed by atoms with Crippen molar-refractivity contribution in [3.63, 3.8) is 0 Å². The van der Waals surface area contributed by atoms with Crippen LogP contribution in [0.3, 0.4) is 0 Å². The fraction of sp³-hybridized carbons (Fsp3) is 0.485. The van der Waals surface area contributed by atoms with E-state index in [0.29, 0.717) is 32.1 Å². The summed E-state index contributed by atoms with van der Waals surface area (Å²) < 4.78 is 0. The number of rotatable bonds is 13. The molecular weight excluding hydrogens is 548 g/mol. The minimum Gasteiger partial charge on any atom is -0.494 e. The molecule has 0 bridgehead atoms. The van der Waals surface area contributed by atoms with Crippen LogP contribution >= 0.6 is 0 Å². The zero-order valence-corrected chi connectivity index (χ0v) is 26.0. The molecule has 3 aromatic rings. The lowest BCUT2D eigenvalue weighted by molar-refractivity contribution is -0.138. The maximum Gasteiger partial charge on any atom is 0.303 e. The van der Waals surface area contributed by atoms with E-state index in [1.807, 2.05) is 40.7 Å². The quantitative estimate of drug-likeness (QED) is 0.144. The number of carboxylic acids is 2. The topological polar surface area (TPSA) is 171 Å². The van der Waals surface area contributed by atoms with Gasteiger partial charge in [-0.2, -0.15) is 0 Å². The Bertz CT molecular complexity index is 1570. The lowest BCUT2D eigenvalue weighted by atomic mass is 9.92. The minimum atomic E-state index is -0.884. The van der Waals surface area contributed by atoms with E-state index in [1.54, 1.807) is 0 Å². The Morgan fingerprint density at radius 3 is 1.88 bits per heavy atom. The van der Waals surface area contributed by atoms with Crippen LogP contribution in [0.1, 0.15) is 102 Å². The average Bonchev–Trinajstić information content (AvgIpc) is 3.59. The number of H-pyrrole nitrogens is 3. The van der Waals surface area contributed by atoms with Crippen LogP contribution in [0.15, 0.2) is 5.70 Å². The summed E-state index contributed by atoms with van der Waals surface area (Å²) in [7, 11) is 0. The lowest BCUT2D eigenvalue weighted by Crippen LogP contribution is -2.16. The number of hydrogen-bond donors (Lipinski definition) is 7. The van der Waals surface area contributed by atoms with E-state index in [1.165, 1.54) is 0 Å². The molecule has 0 unspecified atom stereocenters. The molecule has 1 saturated heterocycles. The molecular formula is C33H44N4O6. The van der Waals surface area contributed by atoms with Crippen LogP contribution < -0.4 is 5.32 Å². The van der Waals surface area contributed by atoms with Crippen molar-refractivity contribution in [3.8, 4) is 5.88 Å². The number of aromatic hydroxyl groups is 1. The van der Waals surface area contributed by atoms with Crippen molar-refractivity contribution < 1.29 is 29.7 Å². The van der Waals surface area contributed by atoms with Gasteiger partial charge in [0.25, 0.3) is 0 Å². The molecule has 4 rings (SSSR count). The first-order valence-corrected chi connectivity index (χ1v) is 15.1. The Labute approximate surface area is 252 Å². The summed E-state index contributed by atoms with van der Waals surface area (Å²) in [4.78, 5) is 45.7. The molecule has 1 fully saturated rings. The van der Waals surface area contributed by atoms with Gasteiger partial charge in [-0.15, -0.1) is 0 Å². The van der Waals surface area contributed by atoms with Gasteiger partial charge in [-0.3, -0.25) is 14.4 Å². The normalized spacial score (nSPS) is 17.6. The largest absolute Gasteiger partial charge is 0.494 e. The first kappa shape index (κ1) is 31.7. The zero-order valence-electron chi connectivity index (χ0n) is 26.0. The van der Waals surface area contributed by atoms with Crippen LogP contribution in [-0.4, -0.2) is 48.1 Å². The van der Waals surface area contributed by atoms with E-state index in [0.717, 1.165) is 74.0 Å². The number of amides is 1. The molecule has 1 amide bonds. The van der Waals surface area contributed by atoms with Crippen LogP contribution in [0.25, 0.3) is 6.08 Å². The summed E-state index contributed by atoms with van der Waals surface area (Å²) in [6.07, 6.45) is 5.11. The number of aromatic nitrogens is 3. The fourth-order valence-corrected chi connectivity index (χ4v) is 6.55. The molecule has 0 spiro atoms. The monoisotopic (exact) mass is 592 g/mol. The molecule has 4 heterocycles. The molecule has 0 saturated carbocycles. The molecule has 0 aromatic carbocycles. The van der Waals surface area contributed by atoms with Gasteiger partial charge < -0.3 is 35.6 Å². The summed E-state index contributed by atoms with van der Waals surface area (Å²) >= 11 is 0. The Morgan fingerprint density at radius 2 is 1.33 bits per heavy atom. The number of carboxylic acid groups (broad SMARTS) is 2. The summed E-state index contributed by atoms with van der Waals surface area (Å²) in [6.45, 7) is 11.9. The molecule has 2 atom stereocenters. The van der Waals surface area contributed by atoms with Gasteiger partial charge >= 0.3 is 11.9 Å². The predicted molar refractivity (Wildman–Crippen MR) is 164 cm³/mol. The molecule has 0 aliphatic carbocycles. The molecule has 10 heteroatoms. The summed E-state index contributed by atoms with van der Waals surface area (Å²) in [5.41, 5.74) is 10.9. The van der Waals surface area contributed by atoms with Gasteiger partial charge in [-0.25, -0.2) is 0 Å². The molecule has 7 N–H and O–H groups in total. The van der Waals surface area contributed by atoms with Gasteiger partial charge in [0.1, 0.15) is 0 Å². The van der Waals surface area contributed by atoms with E-state index in [9.17, 15) is 29.7 Å². The third-order valence-electron chi connectivity index (χ3n) is 9.20. The smallest absolute Gasteiger partial charge is 0.303 e. The number of allylic oxidation sites excluding steroid dienone is 1. The highest BCUT2D eigenvalue weighted by molar-refractivity contribution is 5.86. The van der Waals surface area contributed by atoms with Crippen molar-refractivity contribution in [1.82, 2.24) is 20.3 Å². The SMILES string of the molecule is CCc1c(O)[nH]c(Cc2[nH]c(Cc3[nH]c(/C=C4\NC(=O)[C@H](C)[C@H]4CC)c(C)c3CCC(=O)O)c(CCC(=O)O)c2C)c1C. The first-order chi connectivity index (χ1) is 20.4. The van der Waals surface area contributed by atoms with Crippen LogP contribution in [0, 0.1) is 32.6 Å². The molecule has 43 heavy (non-hydrogen) atoms. The second-order valence-corrected chi connectivity index (χ2v) is 11.7. The Kier molecular flexibility index (Phi) is 9.57. The van der Waals surface area contributed by atoms with E-state index in [2.05, 4.69) is 27.2 Å². The average molecular weight is 593 g/mol. The van der Waals surface area contributed by atoms with Crippen LogP contribution in [0.2, 0.25) is 0 Å². The first-order valence-electron chi connectivity index (χ1n) is 15.1. The molecule has 232 valence electrons. The number of hydrogen-bond acceptors (Lipinski definition) is 4. The van der Waals surface area contributed by atoms with Gasteiger partial charge in [0.2, 0.25) is 5.91 Å². The van der Waals surface area contributed by atoms with Crippen molar-refractivity contribution in [2.45, 2.75) is 92.9 Å². The highest BCUT2D eigenvalue weighted by atomic mass is 16.4. The van der Waals surface area contributed by atoms with E-state index >= 15 is 0 Å². The summed E-state index contributed by atoms with van der Waals surface area (Å²) in [5, 5.41) is 32.3. The molecule has 3 aromatic heterocycles. The summed E-state index contributed by atoms with van der Waals surface area (Å²) in [6, 6.07) is 0. The Hall–Kier alpha value is -4.21. The van der Waals surface area contributed by atoms with Crippen molar-refractivity contribution in [1.29, 1.82) is 0 Å². The highest BCUT2D eigenvalue weighted by Gasteiger charge is 2.34. The van der Waals surface area contributed by atoms with Crippen LogP contribution in [-0.2, 0) is 46.5 Å². The van der Waals surface area contributed by atoms with Crippen molar-refractivity contribution in [2.24, 2.45) is 11.8 Å². The maximum absolute atomic E-state index is 12.4. The second kappa shape index (κ2) is 13.0. The molecule has 1 aliphatic rings. The zero-order chi connectivity index (χ0) is 31.6. The van der Waals surface area contributed by atoms with E-state index in [4.69, 9.17) is 0 Å². The number of carbonyl (C=O) groups excluding carboxylic acids is 1. The van der Waals surface area contributed by atoms with Crippen LogP contribution in [0.4, 0.5) is 0 Å². The standard InChI is InChI=1S/C33H44N4O6/c1-7-20-19(6)32(42)37-27(20)14-25-18(5)23(10-12-31(40)41)29(35-25)15-28-22(9-11-30(38)39)17(4)24(34-28)13-26-16(3)21(8-2)33(43)36-26/h14,19-20,34-36,43H,7-13,15H2,1-6H3,(H,37,42)(H,38,39)(H,40,41)/b27-14-/t19-,20-/m1/s1. The van der Waals surface area contributed by atoms with E-state index in [-0.39, 0.29) is 36.5 Å². The molecule has 0 radical (unpaired) electrons. The van der Waals surface area contributed by atoms with Crippen molar-refractivity contribution in [2.75, 3.05) is 0 Å². The minimum absolute atomic E-state index is 0.00257. The van der Waals surface area contributed by atoms with E-state index < -0.39 is 11.9 Å². The van der Waals surface area contributed by atoms with Gasteiger partial charge in [0, 0.05) is 77.2 Å². The predicted octanol–water partition coefficient (Wildman–Crippen LogP) is 5.21. The number of carbonyl (C=O) groups is 3. The lowest BCUT2D eigenvalue weighted by Gasteiger charge is -2.11. The highest BCUT2D eigenvalue weighted by Crippen LogP contribution is 2.34.